The first-order valence-corrected chi connectivity index (χ1v) is 6.23. The fourth-order valence-electron chi connectivity index (χ4n) is 2.49. The lowest BCUT2D eigenvalue weighted by Crippen LogP contribution is -2.31. The van der Waals surface area contributed by atoms with Crippen molar-refractivity contribution in [3.63, 3.8) is 0 Å². The van der Waals surface area contributed by atoms with E-state index in [9.17, 15) is 4.79 Å². The Kier molecular flexibility index (Phi) is 2.63. The summed E-state index contributed by atoms with van der Waals surface area (Å²) in [6, 6.07) is 14.5. The molecule has 0 saturated carbocycles. The van der Waals surface area contributed by atoms with Crippen LogP contribution in [-0.4, -0.2) is 12.5 Å². The number of benzene rings is 2. The first-order chi connectivity index (χ1) is 8.75. The lowest BCUT2D eigenvalue weighted by molar-refractivity contribution is 0.0946. The number of aryl methyl sites for hydroxylation is 1. The Morgan fingerprint density at radius 3 is 2.72 bits per heavy atom. The minimum absolute atomic E-state index is 0.0487. The summed E-state index contributed by atoms with van der Waals surface area (Å²) in [6.45, 7) is 2.85. The van der Waals surface area contributed by atoms with Gasteiger partial charge in [-0.25, -0.2) is 0 Å². The van der Waals surface area contributed by atoms with Gasteiger partial charge in [0.25, 0.3) is 5.91 Å². The molecule has 0 unspecified atom stereocenters. The van der Waals surface area contributed by atoms with Gasteiger partial charge in [-0.15, -0.1) is 0 Å². The van der Waals surface area contributed by atoms with Gasteiger partial charge in [0, 0.05) is 12.1 Å². The molecule has 1 aliphatic rings. The van der Waals surface area contributed by atoms with Crippen molar-refractivity contribution in [2.24, 2.45) is 0 Å². The molecule has 0 bridgehead atoms. The molecule has 0 atom stereocenters. The highest BCUT2D eigenvalue weighted by Gasteiger charge is 2.16. The average molecular weight is 237 g/mol. The van der Waals surface area contributed by atoms with Crippen LogP contribution in [0.1, 0.15) is 21.5 Å². The molecule has 0 fully saturated rings. The minimum Gasteiger partial charge on any atom is -0.352 e. The maximum atomic E-state index is 11.7. The lowest BCUT2D eigenvalue weighted by Gasteiger charge is -2.17. The molecular formula is C16H15NO. The summed E-state index contributed by atoms with van der Waals surface area (Å²) >= 11 is 0. The largest absolute Gasteiger partial charge is 0.352 e. The van der Waals surface area contributed by atoms with Crippen LogP contribution in [0.15, 0.2) is 42.5 Å². The number of rotatable bonds is 1. The van der Waals surface area contributed by atoms with Gasteiger partial charge in [0.2, 0.25) is 0 Å². The summed E-state index contributed by atoms with van der Waals surface area (Å²) in [5.74, 6) is 0.0487. The lowest BCUT2D eigenvalue weighted by atomic mass is 9.93. The highest BCUT2D eigenvalue weighted by molar-refractivity contribution is 5.97. The molecule has 2 heteroatoms. The maximum Gasteiger partial charge on any atom is 0.251 e. The number of carbonyl (C=O) groups excluding carboxylic acids is 1. The summed E-state index contributed by atoms with van der Waals surface area (Å²) in [7, 11) is 0. The number of hydrogen-bond donors (Lipinski definition) is 1. The molecule has 1 heterocycles. The first kappa shape index (κ1) is 11.0. The Morgan fingerprint density at radius 1 is 1.06 bits per heavy atom. The van der Waals surface area contributed by atoms with Crippen LogP contribution in [0, 0.1) is 6.92 Å². The predicted octanol–water partition coefficient (Wildman–Crippen LogP) is 2.95. The van der Waals surface area contributed by atoms with Crippen LogP contribution in [0.4, 0.5) is 0 Å². The van der Waals surface area contributed by atoms with Gasteiger partial charge in [-0.1, -0.05) is 36.4 Å². The van der Waals surface area contributed by atoms with E-state index in [1.165, 1.54) is 16.7 Å². The number of amides is 1. The van der Waals surface area contributed by atoms with Crippen molar-refractivity contribution in [1.82, 2.24) is 5.32 Å². The first-order valence-electron chi connectivity index (χ1n) is 6.23. The molecule has 2 aromatic rings. The Morgan fingerprint density at radius 2 is 1.89 bits per heavy atom. The fraction of sp³-hybridized carbons (Fsp3) is 0.188. The molecule has 2 aromatic carbocycles. The molecule has 2 nitrogen and oxygen atoms in total. The van der Waals surface area contributed by atoms with Crippen LogP contribution in [0.5, 0.6) is 0 Å². The van der Waals surface area contributed by atoms with Crippen molar-refractivity contribution in [2.45, 2.75) is 13.3 Å². The SMILES string of the molecule is Cc1ccccc1-c1ccc2c(c1)CCNC2=O. The Labute approximate surface area is 107 Å². The van der Waals surface area contributed by atoms with Crippen molar-refractivity contribution >= 4 is 5.91 Å². The van der Waals surface area contributed by atoms with Gasteiger partial charge in [-0.05, 0) is 41.7 Å². The second-order valence-electron chi connectivity index (χ2n) is 4.69. The van der Waals surface area contributed by atoms with Crippen molar-refractivity contribution < 1.29 is 4.79 Å². The summed E-state index contributed by atoms with van der Waals surface area (Å²) in [6.07, 6.45) is 0.917. The van der Waals surface area contributed by atoms with Crippen LogP contribution in [0.25, 0.3) is 11.1 Å². The second-order valence-corrected chi connectivity index (χ2v) is 4.69. The van der Waals surface area contributed by atoms with Crippen molar-refractivity contribution in [3.8, 4) is 11.1 Å². The van der Waals surface area contributed by atoms with E-state index in [1.807, 2.05) is 18.2 Å². The van der Waals surface area contributed by atoms with Crippen LogP contribution in [0.3, 0.4) is 0 Å². The van der Waals surface area contributed by atoms with Crippen LogP contribution < -0.4 is 5.32 Å². The Hall–Kier alpha value is -2.09. The third-order valence-corrected chi connectivity index (χ3v) is 3.49. The number of nitrogens with one attached hydrogen (secondary N) is 1. The highest BCUT2D eigenvalue weighted by Crippen LogP contribution is 2.26. The second kappa shape index (κ2) is 4.30. The van der Waals surface area contributed by atoms with Crippen molar-refractivity contribution in [3.05, 3.63) is 59.2 Å². The standard InChI is InChI=1S/C16H15NO/c1-11-4-2-3-5-14(11)12-6-7-15-13(10-12)8-9-17-16(15)18/h2-7,10H,8-9H2,1H3,(H,17,18). The average Bonchev–Trinajstić information content (AvgIpc) is 2.39. The topological polar surface area (TPSA) is 29.1 Å². The van der Waals surface area contributed by atoms with E-state index >= 15 is 0 Å². The van der Waals surface area contributed by atoms with Gasteiger partial charge in [0.05, 0.1) is 0 Å². The zero-order valence-electron chi connectivity index (χ0n) is 10.4. The van der Waals surface area contributed by atoms with Gasteiger partial charge in [0.1, 0.15) is 0 Å². The van der Waals surface area contributed by atoms with Gasteiger partial charge < -0.3 is 5.32 Å². The number of hydrogen-bond acceptors (Lipinski definition) is 1. The predicted molar refractivity (Wildman–Crippen MR) is 72.7 cm³/mol. The zero-order chi connectivity index (χ0) is 12.5. The van der Waals surface area contributed by atoms with Gasteiger partial charge in [-0.2, -0.15) is 0 Å². The van der Waals surface area contributed by atoms with Gasteiger partial charge in [-0.3, -0.25) is 4.79 Å². The van der Waals surface area contributed by atoms with E-state index in [0.29, 0.717) is 0 Å². The molecule has 0 saturated heterocycles. The molecule has 18 heavy (non-hydrogen) atoms. The van der Waals surface area contributed by atoms with E-state index in [2.05, 4.69) is 36.5 Å². The van der Waals surface area contributed by atoms with Gasteiger partial charge >= 0.3 is 0 Å². The summed E-state index contributed by atoms with van der Waals surface area (Å²) in [5, 5.41) is 2.87. The smallest absolute Gasteiger partial charge is 0.251 e. The fourth-order valence-corrected chi connectivity index (χ4v) is 2.49. The van der Waals surface area contributed by atoms with E-state index in [-0.39, 0.29) is 5.91 Å². The van der Waals surface area contributed by atoms with E-state index in [4.69, 9.17) is 0 Å². The van der Waals surface area contributed by atoms with Crippen LogP contribution in [0.2, 0.25) is 0 Å². The molecule has 3 rings (SSSR count). The molecule has 0 aliphatic carbocycles. The summed E-state index contributed by atoms with van der Waals surface area (Å²) in [5.41, 5.74) is 5.67. The summed E-state index contributed by atoms with van der Waals surface area (Å²) < 4.78 is 0. The van der Waals surface area contributed by atoms with Crippen molar-refractivity contribution in [2.75, 3.05) is 6.54 Å². The molecule has 0 aromatic heterocycles. The molecule has 1 N–H and O–H groups in total. The third-order valence-electron chi connectivity index (χ3n) is 3.49. The third kappa shape index (κ3) is 1.80. The molecular weight excluding hydrogens is 222 g/mol. The van der Waals surface area contributed by atoms with Crippen LogP contribution in [-0.2, 0) is 6.42 Å². The van der Waals surface area contributed by atoms with E-state index in [1.54, 1.807) is 0 Å². The highest BCUT2D eigenvalue weighted by atomic mass is 16.1. The molecule has 90 valence electrons. The Balaban J connectivity index is 2.10. The normalized spacial score (nSPS) is 13.9. The van der Waals surface area contributed by atoms with Crippen LogP contribution >= 0.6 is 0 Å². The van der Waals surface area contributed by atoms with E-state index in [0.717, 1.165) is 24.1 Å². The Bertz CT molecular complexity index is 616. The number of fused-ring (bicyclic) bond motifs is 1. The number of carbonyl (C=O) groups is 1. The monoisotopic (exact) mass is 237 g/mol. The minimum atomic E-state index is 0.0487. The molecule has 1 amide bonds. The molecule has 0 radical (unpaired) electrons. The maximum absolute atomic E-state index is 11.7. The van der Waals surface area contributed by atoms with Crippen molar-refractivity contribution in [1.29, 1.82) is 0 Å². The van der Waals surface area contributed by atoms with E-state index < -0.39 is 0 Å². The molecule has 1 aliphatic heterocycles. The zero-order valence-corrected chi connectivity index (χ0v) is 10.4. The quantitative estimate of drug-likeness (QED) is 0.811. The summed E-state index contributed by atoms with van der Waals surface area (Å²) in [4.78, 5) is 11.7. The van der Waals surface area contributed by atoms with Gasteiger partial charge in [0.15, 0.2) is 0 Å². The molecule has 0 spiro atoms.